The third kappa shape index (κ3) is 6.57. The lowest BCUT2D eigenvalue weighted by atomic mass is 10.0. The van der Waals surface area contributed by atoms with Gasteiger partial charge in [0.25, 0.3) is 0 Å². The summed E-state index contributed by atoms with van der Waals surface area (Å²) < 4.78 is 5.42. The Hall–Kier alpha value is -0.370. The maximum Gasteiger partial charge on any atom is 0.237 e. The predicted octanol–water partition coefficient (Wildman–Crippen LogP) is 2.06. The number of amides is 1. The number of nitrogens with zero attached hydrogens (tertiary/aromatic N) is 1. The summed E-state index contributed by atoms with van der Waals surface area (Å²) in [5.74, 6) is 0.0772. The van der Waals surface area contributed by atoms with E-state index in [2.05, 4.69) is 27.7 Å². The number of hydrogen-bond acceptors (Lipinski definition) is 5. The third-order valence-corrected chi connectivity index (χ3v) is 4.82. The first-order valence-corrected chi connectivity index (χ1v) is 8.36. The molecule has 3 N–H and O–H groups in total. The van der Waals surface area contributed by atoms with Crippen molar-refractivity contribution < 1.29 is 9.53 Å². The lowest BCUT2D eigenvalue weighted by Gasteiger charge is -2.34. The van der Waals surface area contributed by atoms with Crippen LogP contribution in [0, 0.1) is 5.92 Å². The summed E-state index contributed by atoms with van der Waals surface area (Å²) in [6.07, 6.45) is 0. The average Bonchev–Trinajstić information content (AvgIpc) is 3.01. The number of nitrogens with two attached hydrogens (primary N) is 1. The van der Waals surface area contributed by atoms with Crippen molar-refractivity contribution in [3.05, 3.63) is 22.4 Å². The van der Waals surface area contributed by atoms with E-state index >= 15 is 0 Å². The van der Waals surface area contributed by atoms with E-state index in [1.807, 2.05) is 13.8 Å². The van der Waals surface area contributed by atoms with Crippen LogP contribution in [0.25, 0.3) is 0 Å². The van der Waals surface area contributed by atoms with E-state index in [-0.39, 0.29) is 42.7 Å². The van der Waals surface area contributed by atoms with Crippen molar-refractivity contribution in [1.29, 1.82) is 0 Å². The molecule has 0 saturated carbocycles. The quantitative estimate of drug-likeness (QED) is 0.788. The lowest BCUT2D eigenvalue weighted by Crippen LogP contribution is -2.48. The number of nitrogens with one attached hydrogen (secondary N) is 1. The van der Waals surface area contributed by atoms with Gasteiger partial charge in [0.15, 0.2) is 0 Å². The van der Waals surface area contributed by atoms with Gasteiger partial charge in [0.1, 0.15) is 0 Å². The second-order valence-electron chi connectivity index (χ2n) is 5.69. The van der Waals surface area contributed by atoms with Gasteiger partial charge in [-0.3, -0.25) is 9.69 Å². The molecule has 1 aliphatic heterocycles. The molecular weight excluding hydrogens is 357 g/mol. The number of ether oxygens (including phenoxy) is 1. The zero-order valence-corrected chi connectivity index (χ0v) is 16.0. The lowest BCUT2D eigenvalue weighted by molar-refractivity contribution is -0.123. The van der Waals surface area contributed by atoms with Gasteiger partial charge in [-0.2, -0.15) is 0 Å². The topological polar surface area (TPSA) is 67.6 Å². The summed E-state index contributed by atoms with van der Waals surface area (Å²) >= 11 is 1.73. The van der Waals surface area contributed by atoms with Gasteiger partial charge >= 0.3 is 0 Å². The molecule has 2 rings (SSSR count). The molecule has 0 aromatic carbocycles. The largest absolute Gasteiger partial charge is 0.379 e. The average molecular weight is 384 g/mol. The Morgan fingerprint density at radius 2 is 2.04 bits per heavy atom. The molecule has 2 heterocycles. The molecule has 0 spiro atoms. The highest BCUT2D eigenvalue weighted by Gasteiger charge is 2.25. The Morgan fingerprint density at radius 3 is 2.57 bits per heavy atom. The number of thiophene rings is 1. The summed E-state index contributed by atoms with van der Waals surface area (Å²) in [5.41, 5.74) is 5.90. The SMILES string of the molecule is CC(C)C(N)C(=O)NCC(c1cccs1)N1CCOCC1.Cl.Cl. The Balaban J connectivity index is 0.00000242. The molecule has 8 heteroatoms. The number of hydrogen-bond donors (Lipinski definition) is 2. The van der Waals surface area contributed by atoms with Crippen molar-refractivity contribution in [1.82, 2.24) is 10.2 Å². The standard InChI is InChI=1S/C15H25N3O2S.2ClH/c1-11(2)14(16)15(19)17-10-12(13-4-3-9-21-13)18-5-7-20-8-6-18;;/h3-4,9,11-12,14H,5-8,10,16H2,1-2H3,(H,17,19);2*1H. The number of carbonyl (C=O) groups is 1. The summed E-state index contributed by atoms with van der Waals surface area (Å²) in [7, 11) is 0. The van der Waals surface area contributed by atoms with Gasteiger partial charge in [0.2, 0.25) is 5.91 Å². The van der Waals surface area contributed by atoms with Crippen molar-refractivity contribution in [3.63, 3.8) is 0 Å². The van der Waals surface area contributed by atoms with Crippen LogP contribution in [0.3, 0.4) is 0 Å². The fourth-order valence-electron chi connectivity index (χ4n) is 2.40. The first kappa shape index (κ1) is 22.6. The molecule has 2 atom stereocenters. The Kier molecular flexibility index (Phi) is 11.1. The fraction of sp³-hybridized carbons (Fsp3) is 0.667. The van der Waals surface area contributed by atoms with Crippen LogP contribution >= 0.6 is 36.2 Å². The predicted molar refractivity (Wildman–Crippen MR) is 99.8 cm³/mol. The van der Waals surface area contributed by atoms with E-state index in [0.717, 1.165) is 26.3 Å². The Morgan fingerprint density at radius 1 is 1.39 bits per heavy atom. The van der Waals surface area contributed by atoms with E-state index in [1.165, 1.54) is 4.88 Å². The molecule has 0 aliphatic carbocycles. The maximum atomic E-state index is 12.1. The molecule has 1 aliphatic rings. The monoisotopic (exact) mass is 383 g/mol. The summed E-state index contributed by atoms with van der Waals surface area (Å²) in [6, 6.07) is 3.94. The summed E-state index contributed by atoms with van der Waals surface area (Å²) in [4.78, 5) is 15.7. The van der Waals surface area contributed by atoms with Crippen LogP contribution in [0.15, 0.2) is 17.5 Å². The van der Waals surface area contributed by atoms with Gasteiger partial charge in [0, 0.05) is 24.5 Å². The molecular formula is C15H27Cl2N3O2S. The first-order valence-electron chi connectivity index (χ1n) is 7.48. The number of carbonyl (C=O) groups excluding carboxylic acids is 1. The highest BCUT2D eigenvalue weighted by Crippen LogP contribution is 2.25. The van der Waals surface area contributed by atoms with E-state index < -0.39 is 6.04 Å². The molecule has 1 aromatic rings. The van der Waals surface area contributed by atoms with Gasteiger partial charge in [-0.05, 0) is 17.4 Å². The van der Waals surface area contributed by atoms with Crippen LogP contribution in [-0.2, 0) is 9.53 Å². The van der Waals surface area contributed by atoms with E-state index in [9.17, 15) is 4.79 Å². The first-order chi connectivity index (χ1) is 10.1. The minimum atomic E-state index is -0.446. The van der Waals surface area contributed by atoms with Crippen molar-refractivity contribution in [2.45, 2.75) is 25.9 Å². The molecule has 0 radical (unpaired) electrons. The Labute approximate surface area is 154 Å². The van der Waals surface area contributed by atoms with Crippen molar-refractivity contribution in [2.75, 3.05) is 32.8 Å². The van der Waals surface area contributed by atoms with Crippen LogP contribution in [0.5, 0.6) is 0 Å². The zero-order valence-electron chi connectivity index (χ0n) is 13.6. The second kappa shape index (κ2) is 11.2. The Bertz CT molecular complexity index is 440. The van der Waals surface area contributed by atoms with Crippen molar-refractivity contribution >= 4 is 42.1 Å². The van der Waals surface area contributed by atoms with Crippen LogP contribution in [0.2, 0.25) is 0 Å². The molecule has 1 fully saturated rings. The van der Waals surface area contributed by atoms with Gasteiger partial charge < -0.3 is 15.8 Å². The zero-order chi connectivity index (χ0) is 15.2. The molecule has 5 nitrogen and oxygen atoms in total. The summed E-state index contributed by atoms with van der Waals surface area (Å²) in [5, 5.41) is 5.08. The van der Waals surface area contributed by atoms with Crippen molar-refractivity contribution in [3.8, 4) is 0 Å². The van der Waals surface area contributed by atoms with Crippen LogP contribution < -0.4 is 11.1 Å². The minimum absolute atomic E-state index is 0. The molecule has 1 amide bonds. The van der Waals surface area contributed by atoms with Gasteiger partial charge in [-0.25, -0.2) is 0 Å². The van der Waals surface area contributed by atoms with E-state index in [0.29, 0.717) is 6.54 Å². The molecule has 1 aromatic heterocycles. The highest BCUT2D eigenvalue weighted by atomic mass is 35.5. The third-order valence-electron chi connectivity index (χ3n) is 3.85. The van der Waals surface area contributed by atoms with Gasteiger partial charge in [-0.1, -0.05) is 19.9 Å². The smallest absolute Gasteiger partial charge is 0.237 e. The second-order valence-corrected chi connectivity index (χ2v) is 6.67. The molecule has 134 valence electrons. The minimum Gasteiger partial charge on any atom is -0.379 e. The fourth-order valence-corrected chi connectivity index (χ4v) is 3.26. The van der Waals surface area contributed by atoms with E-state index in [1.54, 1.807) is 11.3 Å². The van der Waals surface area contributed by atoms with Gasteiger partial charge in [-0.15, -0.1) is 36.2 Å². The normalized spacial score (nSPS) is 17.7. The highest BCUT2D eigenvalue weighted by molar-refractivity contribution is 7.10. The molecule has 1 saturated heterocycles. The molecule has 0 bridgehead atoms. The van der Waals surface area contributed by atoms with E-state index in [4.69, 9.17) is 10.5 Å². The molecule has 2 unspecified atom stereocenters. The summed E-state index contributed by atoms with van der Waals surface area (Å²) in [6.45, 7) is 7.82. The molecule has 23 heavy (non-hydrogen) atoms. The van der Waals surface area contributed by atoms with Crippen LogP contribution in [0.1, 0.15) is 24.8 Å². The number of halogens is 2. The number of rotatable bonds is 6. The maximum absolute atomic E-state index is 12.1. The van der Waals surface area contributed by atoms with Crippen LogP contribution in [-0.4, -0.2) is 49.7 Å². The number of morpholine rings is 1. The van der Waals surface area contributed by atoms with Crippen LogP contribution in [0.4, 0.5) is 0 Å². The van der Waals surface area contributed by atoms with Gasteiger partial charge in [0.05, 0.1) is 25.3 Å². The van der Waals surface area contributed by atoms with Crippen molar-refractivity contribution in [2.24, 2.45) is 11.7 Å².